The van der Waals surface area contributed by atoms with Crippen LogP contribution in [0.2, 0.25) is 0 Å². The fraction of sp³-hybridized carbons (Fsp3) is 0.765. The van der Waals surface area contributed by atoms with Crippen molar-refractivity contribution in [1.82, 2.24) is 24.6 Å². The van der Waals surface area contributed by atoms with Crippen molar-refractivity contribution in [2.24, 2.45) is 4.99 Å². The first-order chi connectivity index (χ1) is 13.6. The van der Waals surface area contributed by atoms with Gasteiger partial charge in [-0.15, -0.1) is 0 Å². The number of nitrogens with zero attached hydrogens (tertiary/aromatic N) is 5. The summed E-state index contributed by atoms with van der Waals surface area (Å²) < 4.78 is 31.5. The highest BCUT2D eigenvalue weighted by atomic mass is 32.2. The number of guanidine groups is 1. The number of rotatable bonds is 7. The Morgan fingerprint density at radius 3 is 2.64 bits per heavy atom. The molecule has 1 aromatic heterocycles. The van der Waals surface area contributed by atoms with E-state index >= 15 is 0 Å². The SMILES string of the molecule is CCNC(=NCCS(=O)(=O)N1CCSCC1)N1CCN(Cc2ccon2)CC1. The largest absolute Gasteiger partial charge is 0.364 e. The molecule has 11 heteroatoms. The molecule has 0 amide bonds. The molecule has 3 heterocycles. The van der Waals surface area contributed by atoms with Crippen LogP contribution < -0.4 is 5.32 Å². The minimum atomic E-state index is -3.22. The predicted octanol–water partition coefficient (Wildman–Crippen LogP) is 0.136. The van der Waals surface area contributed by atoms with Gasteiger partial charge in [-0.2, -0.15) is 11.8 Å². The molecule has 0 spiro atoms. The first-order valence-corrected chi connectivity index (χ1v) is 12.6. The van der Waals surface area contributed by atoms with Gasteiger partial charge in [0.05, 0.1) is 18.0 Å². The number of piperazine rings is 1. The molecule has 0 aliphatic carbocycles. The molecule has 0 saturated carbocycles. The second kappa shape index (κ2) is 10.5. The molecule has 9 nitrogen and oxygen atoms in total. The lowest BCUT2D eigenvalue weighted by Gasteiger charge is -2.36. The van der Waals surface area contributed by atoms with Crippen LogP contribution in [0.5, 0.6) is 0 Å². The van der Waals surface area contributed by atoms with E-state index < -0.39 is 10.0 Å². The molecule has 3 rings (SSSR count). The van der Waals surface area contributed by atoms with Crippen molar-refractivity contribution in [2.45, 2.75) is 13.5 Å². The first kappa shape index (κ1) is 21.4. The Balaban J connectivity index is 1.50. The van der Waals surface area contributed by atoms with E-state index in [9.17, 15) is 8.42 Å². The van der Waals surface area contributed by atoms with Crippen LogP contribution in [0.1, 0.15) is 12.6 Å². The summed E-state index contributed by atoms with van der Waals surface area (Å²) in [6, 6.07) is 1.89. The number of nitrogens with one attached hydrogen (secondary N) is 1. The maximum absolute atomic E-state index is 12.5. The van der Waals surface area contributed by atoms with Crippen LogP contribution in [0.4, 0.5) is 0 Å². The van der Waals surface area contributed by atoms with Crippen molar-refractivity contribution in [1.29, 1.82) is 0 Å². The van der Waals surface area contributed by atoms with Crippen molar-refractivity contribution in [2.75, 3.05) is 69.6 Å². The zero-order chi connectivity index (χ0) is 19.8. The summed E-state index contributed by atoms with van der Waals surface area (Å²) in [5.74, 6) is 2.62. The fourth-order valence-electron chi connectivity index (χ4n) is 3.31. The van der Waals surface area contributed by atoms with Gasteiger partial charge in [-0.1, -0.05) is 5.16 Å². The molecule has 0 radical (unpaired) electrons. The van der Waals surface area contributed by atoms with Crippen LogP contribution in [0.25, 0.3) is 0 Å². The molecule has 1 N–H and O–H groups in total. The maximum Gasteiger partial charge on any atom is 0.215 e. The average molecular weight is 431 g/mol. The molecule has 2 aliphatic heterocycles. The molecule has 0 atom stereocenters. The van der Waals surface area contributed by atoms with Crippen LogP contribution in [0.3, 0.4) is 0 Å². The summed E-state index contributed by atoms with van der Waals surface area (Å²) in [6.07, 6.45) is 1.60. The van der Waals surface area contributed by atoms with E-state index in [0.29, 0.717) is 13.1 Å². The Hall–Kier alpha value is -1.30. The van der Waals surface area contributed by atoms with Gasteiger partial charge in [-0.3, -0.25) is 9.89 Å². The molecular formula is C17H30N6O3S2. The Labute approximate surface area is 171 Å². The Bertz CT molecular complexity index is 711. The minimum absolute atomic E-state index is 0.0681. The van der Waals surface area contributed by atoms with Gasteiger partial charge in [0, 0.05) is 69.9 Å². The summed E-state index contributed by atoms with van der Waals surface area (Å²) in [5, 5.41) is 7.26. The standard InChI is InChI=1S/C17H30N6O3S2/c1-2-18-17(19-4-14-28(24,25)23-9-12-27-13-10-23)22-7-5-21(6-8-22)15-16-3-11-26-20-16/h3,11H,2,4-10,12-15H2,1H3,(H,18,19). The summed E-state index contributed by atoms with van der Waals surface area (Å²) in [5.41, 5.74) is 0.940. The predicted molar refractivity (Wildman–Crippen MR) is 112 cm³/mol. The van der Waals surface area contributed by atoms with E-state index in [2.05, 4.69) is 25.3 Å². The third-order valence-corrected chi connectivity index (χ3v) is 7.65. The average Bonchev–Trinajstić information content (AvgIpc) is 3.22. The number of aromatic nitrogens is 1. The van der Waals surface area contributed by atoms with Gasteiger partial charge in [0.1, 0.15) is 6.26 Å². The van der Waals surface area contributed by atoms with Crippen LogP contribution in [0, 0.1) is 0 Å². The summed E-state index contributed by atoms with van der Waals surface area (Å²) in [6.45, 7) is 8.58. The van der Waals surface area contributed by atoms with Gasteiger partial charge in [0.15, 0.2) is 5.96 Å². The molecule has 158 valence electrons. The highest BCUT2D eigenvalue weighted by Gasteiger charge is 2.24. The highest BCUT2D eigenvalue weighted by Crippen LogP contribution is 2.13. The summed E-state index contributed by atoms with van der Waals surface area (Å²) in [7, 11) is -3.22. The number of hydrogen-bond donors (Lipinski definition) is 1. The lowest BCUT2D eigenvalue weighted by molar-refractivity contribution is 0.169. The Morgan fingerprint density at radius 1 is 1.25 bits per heavy atom. The van der Waals surface area contributed by atoms with Gasteiger partial charge in [-0.05, 0) is 6.92 Å². The Morgan fingerprint density at radius 2 is 2.00 bits per heavy atom. The second-order valence-corrected chi connectivity index (χ2v) is 10.1. The third-order valence-electron chi connectivity index (χ3n) is 4.86. The van der Waals surface area contributed by atoms with E-state index in [1.807, 2.05) is 13.0 Å². The lowest BCUT2D eigenvalue weighted by Crippen LogP contribution is -2.52. The molecule has 0 bridgehead atoms. The third kappa shape index (κ3) is 6.10. The van der Waals surface area contributed by atoms with E-state index in [4.69, 9.17) is 4.52 Å². The normalized spacial score (nSPS) is 20.5. The van der Waals surface area contributed by atoms with E-state index in [-0.39, 0.29) is 12.3 Å². The van der Waals surface area contributed by atoms with Gasteiger partial charge in [0.25, 0.3) is 0 Å². The quantitative estimate of drug-likeness (QED) is 0.482. The maximum atomic E-state index is 12.5. The van der Waals surface area contributed by atoms with Crippen LogP contribution in [0.15, 0.2) is 21.8 Å². The van der Waals surface area contributed by atoms with Crippen molar-refractivity contribution >= 4 is 27.7 Å². The van der Waals surface area contributed by atoms with Gasteiger partial charge in [0.2, 0.25) is 10.0 Å². The van der Waals surface area contributed by atoms with Crippen molar-refractivity contribution in [3.05, 3.63) is 18.0 Å². The zero-order valence-electron chi connectivity index (χ0n) is 16.4. The summed E-state index contributed by atoms with van der Waals surface area (Å²) in [4.78, 5) is 9.12. The smallest absolute Gasteiger partial charge is 0.215 e. The zero-order valence-corrected chi connectivity index (χ0v) is 18.1. The number of hydrogen-bond acceptors (Lipinski definition) is 7. The number of sulfonamides is 1. The van der Waals surface area contributed by atoms with Gasteiger partial charge >= 0.3 is 0 Å². The van der Waals surface area contributed by atoms with E-state index in [1.165, 1.54) is 0 Å². The first-order valence-electron chi connectivity index (χ1n) is 9.79. The minimum Gasteiger partial charge on any atom is -0.364 e. The summed E-state index contributed by atoms with van der Waals surface area (Å²) >= 11 is 1.81. The van der Waals surface area contributed by atoms with Crippen molar-refractivity contribution < 1.29 is 12.9 Å². The second-order valence-electron chi connectivity index (χ2n) is 6.82. The van der Waals surface area contributed by atoms with Gasteiger partial charge in [-0.25, -0.2) is 12.7 Å². The molecule has 2 aliphatic rings. The number of thioether (sulfide) groups is 1. The molecule has 0 aromatic carbocycles. The van der Waals surface area contributed by atoms with E-state index in [0.717, 1.165) is 62.4 Å². The van der Waals surface area contributed by atoms with Crippen molar-refractivity contribution in [3.8, 4) is 0 Å². The topological polar surface area (TPSA) is 94.3 Å². The molecule has 1 aromatic rings. The molecular weight excluding hydrogens is 400 g/mol. The fourth-order valence-corrected chi connectivity index (χ4v) is 5.77. The lowest BCUT2D eigenvalue weighted by atomic mass is 10.3. The monoisotopic (exact) mass is 430 g/mol. The molecule has 0 unspecified atom stereocenters. The van der Waals surface area contributed by atoms with Crippen molar-refractivity contribution in [3.63, 3.8) is 0 Å². The molecule has 2 saturated heterocycles. The molecule has 2 fully saturated rings. The van der Waals surface area contributed by atoms with Gasteiger partial charge < -0.3 is 14.7 Å². The number of aliphatic imine (C=N–C) groups is 1. The van der Waals surface area contributed by atoms with Crippen LogP contribution >= 0.6 is 11.8 Å². The van der Waals surface area contributed by atoms with Crippen LogP contribution in [-0.2, 0) is 16.6 Å². The Kier molecular flexibility index (Phi) is 8.00. The molecule has 28 heavy (non-hydrogen) atoms. The van der Waals surface area contributed by atoms with Crippen LogP contribution in [-0.4, -0.2) is 103 Å². The highest BCUT2D eigenvalue weighted by molar-refractivity contribution is 7.99. The van der Waals surface area contributed by atoms with E-state index in [1.54, 1.807) is 22.3 Å².